The molecule has 1 atom stereocenters. The van der Waals surface area contributed by atoms with E-state index in [1.54, 1.807) is 16.2 Å². The van der Waals surface area contributed by atoms with Crippen molar-refractivity contribution >= 4 is 28.9 Å². The summed E-state index contributed by atoms with van der Waals surface area (Å²) in [7, 11) is 0. The number of amides is 1. The monoisotopic (exact) mass is 297 g/mol. The Morgan fingerprint density at radius 2 is 2.14 bits per heavy atom. The van der Waals surface area contributed by atoms with Crippen molar-refractivity contribution in [2.45, 2.75) is 19.5 Å². The van der Waals surface area contributed by atoms with Crippen molar-refractivity contribution in [1.82, 2.24) is 4.90 Å². The van der Waals surface area contributed by atoms with Crippen LogP contribution in [0.2, 0.25) is 0 Å². The van der Waals surface area contributed by atoms with E-state index in [4.69, 9.17) is 0 Å². The maximum atomic E-state index is 12.6. The van der Waals surface area contributed by atoms with Gasteiger partial charge in [0.25, 0.3) is 5.91 Å². The van der Waals surface area contributed by atoms with Crippen LogP contribution in [0.4, 0.5) is 5.69 Å². The molecular formula is C16H15N3OS. The maximum absolute atomic E-state index is 12.6. The van der Waals surface area contributed by atoms with Gasteiger partial charge in [-0.05, 0) is 30.5 Å². The zero-order valence-electron chi connectivity index (χ0n) is 11.7. The number of fused-ring (bicyclic) bond motifs is 2. The summed E-state index contributed by atoms with van der Waals surface area (Å²) in [5.41, 5.74) is 1.72. The van der Waals surface area contributed by atoms with Crippen LogP contribution in [0.25, 0.3) is 0 Å². The summed E-state index contributed by atoms with van der Waals surface area (Å²) >= 11 is 1.73. The smallest absolute Gasteiger partial charge is 0.262 e. The molecule has 3 heterocycles. The van der Waals surface area contributed by atoms with E-state index in [0.717, 1.165) is 23.8 Å². The third-order valence-corrected chi connectivity index (χ3v) is 4.69. The Morgan fingerprint density at radius 3 is 2.95 bits per heavy atom. The molecule has 1 amide bonds. The first kappa shape index (κ1) is 12.6. The summed E-state index contributed by atoms with van der Waals surface area (Å²) in [6.45, 7) is 3.47. The van der Waals surface area contributed by atoms with Gasteiger partial charge in [0, 0.05) is 4.88 Å². The van der Waals surface area contributed by atoms with Gasteiger partial charge in [0.2, 0.25) is 5.96 Å². The van der Waals surface area contributed by atoms with Crippen LogP contribution < -0.4 is 4.90 Å². The molecule has 106 valence electrons. The molecule has 0 N–H and O–H groups in total. The second-order valence-corrected chi connectivity index (χ2v) is 6.41. The highest BCUT2D eigenvalue weighted by Crippen LogP contribution is 2.33. The van der Waals surface area contributed by atoms with Crippen molar-refractivity contribution in [2.24, 2.45) is 4.99 Å². The fourth-order valence-electron chi connectivity index (χ4n) is 2.90. The van der Waals surface area contributed by atoms with Gasteiger partial charge in [-0.2, -0.15) is 0 Å². The van der Waals surface area contributed by atoms with E-state index >= 15 is 0 Å². The lowest BCUT2D eigenvalue weighted by Crippen LogP contribution is -2.49. The van der Waals surface area contributed by atoms with Gasteiger partial charge in [0.05, 0.1) is 30.4 Å². The van der Waals surface area contributed by atoms with Gasteiger partial charge in [0.15, 0.2) is 0 Å². The molecule has 4 nitrogen and oxygen atoms in total. The normalized spacial score (nSPS) is 20.3. The number of para-hydroxylation sites is 1. The molecule has 2 aliphatic rings. The minimum absolute atomic E-state index is 0.0659. The van der Waals surface area contributed by atoms with Gasteiger partial charge in [0.1, 0.15) is 0 Å². The molecule has 0 bridgehead atoms. The second-order valence-electron chi connectivity index (χ2n) is 5.38. The largest absolute Gasteiger partial charge is 0.306 e. The Morgan fingerprint density at radius 1 is 1.29 bits per heavy atom. The lowest BCUT2D eigenvalue weighted by molar-refractivity contribution is 0.0847. The number of guanidine groups is 1. The van der Waals surface area contributed by atoms with E-state index in [1.807, 2.05) is 31.2 Å². The van der Waals surface area contributed by atoms with E-state index in [2.05, 4.69) is 27.4 Å². The van der Waals surface area contributed by atoms with Crippen LogP contribution in [-0.2, 0) is 6.54 Å². The molecule has 0 spiro atoms. The average Bonchev–Trinajstić information content (AvgIpc) is 3.12. The number of hydrogen-bond donors (Lipinski definition) is 0. The molecule has 0 saturated heterocycles. The number of aliphatic imine (C=N–C) groups is 1. The van der Waals surface area contributed by atoms with Crippen molar-refractivity contribution in [2.75, 3.05) is 11.4 Å². The molecule has 0 fully saturated rings. The quantitative estimate of drug-likeness (QED) is 0.854. The van der Waals surface area contributed by atoms with Gasteiger partial charge in [-0.3, -0.25) is 9.69 Å². The highest BCUT2D eigenvalue weighted by molar-refractivity contribution is 7.09. The summed E-state index contributed by atoms with van der Waals surface area (Å²) < 4.78 is 0. The van der Waals surface area contributed by atoms with E-state index in [0.29, 0.717) is 6.54 Å². The molecule has 0 saturated carbocycles. The SMILES string of the molecule is CC1CN2C(=O)c3ccccc3N(Cc3cccs3)C2=N1. The van der Waals surface area contributed by atoms with Crippen LogP contribution in [-0.4, -0.2) is 29.4 Å². The number of carbonyl (C=O) groups excluding carboxylic acids is 1. The van der Waals surface area contributed by atoms with Crippen LogP contribution in [0.3, 0.4) is 0 Å². The molecule has 0 aliphatic carbocycles. The number of rotatable bonds is 2. The number of benzene rings is 1. The zero-order chi connectivity index (χ0) is 14.4. The Labute approximate surface area is 127 Å². The molecule has 1 aromatic heterocycles. The molecule has 2 aliphatic heterocycles. The van der Waals surface area contributed by atoms with Gasteiger partial charge in [-0.1, -0.05) is 18.2 Å². The Hall–Kier alpha value is -2.14. The van der Waals surface area contributed by atoms with Crippen LogP contribution in [0, 0.1) is 0 Å². The molecule has 0 radical (unpaired) electrons. The summed E-state index contributed by atoms with van der Waals surface area (Å²) in [4.78, 5) is 22.5. The van der Waals surface area contributed by atoms with Crippen LogP contribution in [0.5, 0.6) is 0 Å². The van der Waals surface area contributed by atoms with E-state index in [9.17, 15) is 4.79 Å². The van der Waals surface area contributed by atoms with Crippen LogP contribution in [0.15, 0.2) is 46.8 Å². The first-order valence-electron chi connectivity index (χ1n) is 7.02. The number of carbonyl (C=O) groups is 1. The fraction of sp³-hybridized carbons (Fsp3) is 0.250. The predicted molar refractivity (Wildman–Crippen MR) is 84.9 cm³/mol. The van der Waals surface area contributed by atoms with Crippen LogP contribution in [0.1, 0.15) is 22.2 Å². The molecule has 5 heteroatoms. The van der Waals surface area contributed by atoms with Gasteiger partial charge >= 0.3 is 0 Å². The van der Waals surface area contributed by atoms with Crippen molar-refractivity contribution in [1.29, 1.82) is 0 Å². The summed E-state index contributed by atoms with van der Waals surface area (Å²) in [5.74, 6) is 0.857. The topological polar surface area (TPSA) is 35.9 Å². The van der Waals surface area contributed by atoms with E-state index in [-0.39, 0.29) is 11.9 Å². The molecular weight excluding hydrogens is 282 g/mol. The number of anilines is 1. The molecule has 2 aromatic rings. The molecule has 4 rings (SSSR count). The van der Waals surface area contributed by atoms with Gasteiger partial charge in [-0.15, -0.1) is 11.3 Å². The third-order valence-electron chi connectivity index (χ3n) is 3.83. The zero-order valence-corrected chi connectivity index (χ0v) is 12.5. The first-order chi connectivity index (χ1) is 10.2. The van der Waals surface area contributed by atoms with E-state index < -0.39 is 0 Å². The lowest BCUT2D eigenvalue weighted by atomic mass is 10.1. The molecule has 1 unspecified atom stereocenters. The van der Waals surface area contributed by atoms with Crippen LogP contribution >= 0.6 is 11.3 Å². The fourth-order valence-corrected chi connectivity index (χ4v) is 3.59. The minimum Gasteiger partial charge on any atom is -0.306 e. The average molecular weight is 297 g/mol. The van der Waals surface area contributed by atoms with Crippen molar-refractivity contribution in [3.05, 3.63) is 52.2 Å². The Balaban J connectivity index is 1.83. The standard InChI is InChI=1S/C16H15N3OS/c1-11-9-19-15(20)13-6-2-3-7-14(13)18(16(19)17-11)10-12-5-4-8-21-12/h2-8,11H,9-10H2,1H3. The highest BCUT2D eigenvalue weighted by Gasteiger charge is 2.39. The lowest BCUT2D eigenvalue weighted by Gasteiger charge is -2.35. The van der Waals surface area contributed by atoms with Crippen molar-refractivity contribution in [3.63, 3.8) is 0 Å². The van der Waals surface area contributed by atoms with Crippen molar-refractivity contribution in [3.8, 4) is 0 Å². The summed E-state index contributed by atoms with van der Waals surface area (Å²) in [5, 5.41) is 2.08. The third kappa shape index (κ3) is 1.96. The van der Waals surface area contributed by atoms with Gasteiger partial charge < -0.3 is 4.90 Å². The Bertz CT molecular complexity index is 723. The minimum atomic E-state index is 0.0659. The molecule has 21 heavy (non-hydrogen) atoms. The summed E-state index contributed by atoms with van der Waals surface area (Å²) in [6, 6.07) is 12.1. The highest BCUT2D eigenvalue weighted by atomic mass is 32.1. The summed E-state index contributed by atoms with van der Waals surface area (Å²) in [6.07, 6.45) is 0. The first-order valence-corrected chi connectivity index (χ1v) is 7.90. The van der Waals surface area contributed by atoms with Gasteiger partial charge in [-0.25, -0.2) is 4.99 Å². The number of hydrogen-bond acceptors (Lipinski definition) is 4. The number of nitrogens with zero attached hydrogens (tertiary/aromatic N) is 3. The maximum Gasteiger partial charge on any atom is 0.262 e. The van der Waals surface area contributed by atoms with Crippen molar-refractivity contribution < 1.29 is 4.79 Å². The second kappa shape index (κ2) is 4.70. The predicted octanol–water partition coefficient (Wildman–Crippen LogP) is 2.97. The molecule has 1 aromatic carbocycles. The Kier molecular flexibility index (Phi) is 2.82. The number of thiophene rings is 1. The van der Waals surface area contributed by atoms with E-state index in [1.165, 1.54) is 4.88 Å².